The van der Waals surface area contributed by atoms with Crippen LogP contribution in [0.2, 0.25) is 0 Å². The van der Waals surface area contributed by atoms with Gasteiger partial charge in [-0.2, -0.15) is 0 Å². The van der Waals surface area contributed by atoms with Crippen molar-refractivity contribution in [3.05, 3.63) is 29.8 Å². The molecule has 1 aromatic rings. The highest BCUT2D eigenvalue weighted by Crippen LogP contribution is 2.21. The Kier molecular flexibility index (Phi) is 11.0. The minimum atomic E-state index is -1.66. The van der Waals surface area contributed by atoms with Crippen molar-refractivity contribution in [2.24, 2.45) is 0 Å². The smallest absolute Gasteiger partial charge is 0.328 e. The summed E-state index contributed by atoms with van der Waals surface area (Å²) in [6.07, 6.45) is -1.57. The van der Waals surface area contributed by atoms with E-state index in [0.717, 1.165) is 11.3 Å². The van der Waals surface area contributed by atoms with Crippen molar-refractivity contribution in [1.29, 1.82) is 0 Å². The number of aromatic hydroxyl groups is 1. The Morgan fingerprint density at radius 1 is 1.05 bits per heavy atom. The standard InChI is InChI=1S/C26H37N5O10/c1-13(33)21(26(40)41)30-24(38)20-10-16(35)11-31(20)25(39)18(9-14-4-6-15(34)7-5-14)28-23(37)19(12-32)29-22(36)17-3-2-8-27-17/h4-7,13,16-21,27,32-35H,2-3,8-12H2,1H3,(H,28,37)(H,29,36)(H,30,38)(H,40,41)/t13-,16-,17+,18+,19+,20+,21+/m1/s1. The van der Waals surface area contributed by atoms with Gasteiger partial charge in [0.25, 0.3) is 0 Å². The molecule has 2 aliphatic heterocycles. The van der Waals surface area contributed by atoms with Crippen LogP contribution in [0.15, 0.2) is 24.3 Å². The quantitative estimate of drug-likeness (QED) is 0.118. The molecule has 1 aromatic carbocycles. The highest BCUT2D eigenvalue weighted by Gasteiger charge is 2.43. The van der Waals surface area contributed by atoms with Crippen LogP contribution in [0, 0.1) is 0 Å². The zero-order chi connectivity index (χ0) is 30.3. The summed E-state index contributed by atoms with van der Waals surface area (Å²) in [5.41, 5.74) is 0.516. The molecule has 0 spiro atoms. The first-order chi connectivity index (χ1) is 19.4. The number of hydrogen-bond acceptors (Lipinski definition) is 10. The summed E-state index contributed by atoms with van der Waals surface area (Å²) in [5, 5.41) is 58.9. The molecule has 2 saturated heterocycles. The summed E-state index contributed by atoms with van der Waals surface area (Å²) < 4.78 is 0. The van der Waals surface area contributed by atoms with Gasteiger partial charge in [0.1, 0.15) is 23.9 Å². The Hall–Kier alpha value is -3.79. The molecular formula is C26H37N5O10. The minimum absolute atomic E-state index is 0.0327. The third-order valence-corrected chi connectivity index (χ3v) is 7.09. The van der Waals surface area contributed by atoms with Crippen molar-refractivity contribution < 1.29 is 49.5 Å². The number of likely N-dealkylation sites (tertiary alicyclic amines) is 1. The van der Waals surface area contributed by atoms with Crippen molar-refractivity contribution in [1.82, 2.24) is 26.2 Å². The van der Waals surface area contributed by atoms with E-state index in [2.05, 4.69) is 21.3 Å². The fourth-order valence-electron chi connectivity index (χ4n) is 4.86. The number of benzene rings is 1. The fourth-order valence-corrected chi connectivity index (χ4v) is 4.86. The third kappa shape index (κ3) is 8.36. The van der Waals surface area contributed by atoms with Crippen LogP contribution in [0.4, 0.5) is 0 Å². The first kappa shape index (κ1) is 31.7. The lowest BCUT2D eigenvalue weighted by atomic mass is 10.0. The Morgan fingerprint density at radius 2 is 1.73 bits per heavy atom. The average molecular weight is 580 g/mol. The van der Waals surface area contributed by atoms with Crippen LogP contribution < -0.4 is 21.3 Å². The number of aliphatic hydroxyl groups is 3. The SMILES string of the molecule is C[C@@H](O)[C@H](NC(=O)[C@@H]1C[C@@H](O)CN1C(=O)[C@H](Cc1ccc(O)cc1)NC(=O)[C@H](CO)NC(=O)[C@@H]1CCCN1)C(=O)O. The molecule has 9 N–H and O–H groups in total. The molecule has 41 heavy (non-hydrogen) atoms. The van der Waals surface area contributed by atoms with Crippen LogP contribution in [0.3, 0.4) is 0 Å². The molecule has 4 amide bonds. The van der Waals surface area contributed by atoms with Crippen LogP contribution in [0.5, 0.6) is 5.75 Å². The number of carbonyl (C=O) groups is 5. The molecule has 2 heterocycles. The Morgan fingerprint density at radius 3 is 2.29 bits per heavy atom. The number of carboxylic acids is 1. The summed E-state index contributed by atoms with van der Waals surface area (Å²) in [4.78, 5) is 64.8. The molecule has 0 aromatic heterocycles. The van der Waals surface area contributed by atoms with Crippen LogP contribution in [0.25, 0.3) is 0 Å². The van der Waals surface area contributed by atoms with E-state index in [1.54, 1.807) is 0 Å². The van der Waals surface area contributed by atoms with Gasteiger partial charge in [0, 0.05) is 19.4 Å². The summed E-state index contributed by atoms with van der Waals surface area (Å²) >= 11 is 0. The molecule has 2 fully saturated rings. The third-order valence-electron chi connectivity index (χ3n) is 7.09. The normalized spacial score (nSPS) is 23.2. The second-order valence-electron chi connectivity index (χ2n) is 10.3. The van der Waals surface area contributed by atoms with Gasteiger partial charge in [-0.05, 0) is 44.0 Å². The number of phenolic OH excluding ortho intramolecular Hbond substituents is 1. The Bertz CT molecular complexity index is 1110. The fraction of sp³-hybridized carbons (Fsp3) is 0.577. The molecule has 226 valence electrons. The topological polar surface area (TPSA) is 238 Å². The van der Waals surface area contributed by atoms with E-state index in [1.165, 1.54) is 31.2 Å². The summed E-state index contributed by atoms with van der Waals surface area (Å²) in [6, 6.07) is -0.422. The highest BCUT2D eigenvalue weighted by atomic mass is 16.4. The van der Waals surface area contributed by atoms with Crippen LogP contribution in [-0.4, -0.2) is 122 Å². The van der Waals surface area contributed by atoms with Crippen molar-refractivity contribution in [3.8, 4) is 5.75 Å². The lowest BCUT2D eigenvalue weighted by Crippen LogP contribution is -2.60. The highest BCUT2D eigenvalue weighted by molar-refractivity contribution is 5.96. The molecule has 0 saturated carbocycles. The zero-order valence-corrected chi connectivity index (χ0v) is 22.5. The number of amides is 4. The molecule has 3 rings (SSSR count). The Balaban J connectivity index is 1.81. The van der Waals surface area contributed by atoms with E-state index in [1.807, 2.05) is 0 Å². The number of nitrogens with one attached hydrogen (secondary N) is 4. The predicted octanol–water partition coefficient (Wildman–Crippen LogP) is -3.44. The molecule has 0 bridgehead atoms. The van der Waals surface area contributed by atoms with Gasteiger partial charge in [0.15, 0.2) is 6.04 Å². The van der Waals surface area contributed by atoms with Gasteiger partial charge in [-0.15, -0.1) is 0 Å². The van der Waals surface area contributed by atoms with E-state index in [0.29, 0.717) is 18.5 Å². The maximum Gasteiger partial charge on any atom is 0.328 e. The van der Waals surface area contributed by atoms with Crippen molar-refractivity contribution in [2.75, 3.05) is 19.7 Å². The van der Waals surface area contributed by atoms with E-state index < -0.39 is 78.6 Å². The molecule has 0 unspecified atom stereocenters. The largest absolute Gasteiger partial charge is 0.508 e. The molecule has 0 aliphatic carbocycles. The predicted molar refractivity (Wildman–Crippen MR) is 141 cm³/mol. The molecule has 15 nitrogen and oxygen atoms in total. The number of rotatable bonds is 12. The van der Waals surface area contributed by atoms with E-state index >= 15 is 0 Å². The summed E-state index contributed by atoms with van der Waals surface area (Å²) in [5.74, 6) is -4.57. The number of phenols is 1. The first-order valence-electron chi connectivity index (χ1n) is 13.3. The molecule has 0 radical (unpaired) electrons. The van der Waals surface area contributed by atoms with Crippen molar-refractivity contribution in [3.63, 3.8) is 0 Å². The van der Waals surface area contributed by atoms with Gasteiger partial charge in [-0.3, -0.25) is 19.2 Å². The van der Waals surface area contributed by atoms with Gasteiger partial charge in [-0.1, -0.05) is 12.1 Å². The zero-order valence-electron chi connectivity index (χ0n) is 22.5. The maximum absolute atomic E-state index is 13.8. The van der Waals surface area contributed by atoms with Gasteiger partial charge in [0.2, 0.25) is 23.6 Å². The lowest BCUT2D eigenvalue weighted by molar-refractivity contribution is -0.147. The summed E-state index contributed by atoms with van der Waals surface area (Å²) in [7, 11) is 0. The summed E-state index contributed by atoms with van der Waals surface area (Å²) in [6.45, 7) is 0.762. The van der Waals surface area contributed by atoms with Gasteiger partial charge < -0.3 is 51.7 Å². The molecule has 2 aliphatic rings. The average Bonchev–Trinajstić information content (AvgIpc) is 3.60. The monoisotopic (exact) mass is 579 g/mol. The number of aliphatic carboxylic acids is 1. The van der Waals surface area contributed by atoms with Gasteiger partial charge in [-0.25, -0.2) is 4.79 Å². The van der Waals surface area contributed by atoms with Crippen LogP contribution in [-0.2, 0) is 30.4 Å². The van der Waals surface area contributed by atoms with E-state index in [9.17, 15) is 49.5 Å². The van der Waals surface area contributed by atoms with Crippen LogP contribution in [0.1, 0.15) is 31.7 Å². The molecule has 7 atom stereocenters. The number of carboxylic acid groups (broad SMARTS) is 1. The Labute approximate surface area is 235 Å². The molecular weight excluding hydrogens is 542 g/mol. The number of nitrogens with zero attached hydrogens (tertiary/aromatic N) is 1. The van der Waals surface area contributed by atoms with Crippen LogP contribution >= 0.6 is 0 Å². The second kappa shape index (κ2) is 14.2. The number of carbonyl (C=O) groups excluding carboxylic acids is 4. The number of hydrogen-bond donors (Lipinski definition) is 9. The maximum atomic E-state index is 13.8. The van der Waals surface area contributed by atoms with Crippen molar-refractivity contribution >= 4 is 29.6 Å². The number of aliphatic hydroxyl groups excluding tert-OH is 3. The minimum Gasteiger partial charge on any atom is -0.508 e. The van der Waals surface area contributed by atoms with E-state index in [4.69, 9.17) is 0 Å². The second-order valence-corrected chi connectivity index (χ2v) is 10.3. The van der Waals surface area contributed by atoms with Gasteiger partial charge in [0.05, 0.1) is 24.9 Å². The lowest BCUT2D eigenvalue weighted by Gasteiger charge is -2.30. The van der Waals surface area contributed by atoms with E-state index in [-0.39, 0.29) is 25.1 Å². The first-order valence-corrected chi connectivity index (χ1v) is 13.3. The number of β-amino-alcohol motifs (C(OH)–C–C–N with tert-alkyl or cyclic N) is 1. The van der Waals surface area contributed by atoms with Gasteiger partial charge >= 0.3 is 5.97 Å². The van der Waals surface area contributed by atoms with Crippen molar-refractivity contribution in [2.45, 2.75) is 75.0 Å². The molecule has 15 heteroatoms.